The summed E-state index contributed by atoms with van der Waals surface area (Å²) in [6.45, 7) is 7.04. The molecule has 2 aromatic carbocycles. The quantitative estimate of drug-likeness (QED) is 0.170. The second kappa shape index (κ2) is 25.6. The predicted molar refractivity (Wildman–Crippen MR) is 255 cm³/mol. The van der Waals surface area contributed by atoms with Crippen LogP contribution in [-0.2, 0) is 40.3 Å². The SMILES string of the molecule is CN1CCN(C(=O)/C=C2/c3ccccc3CSc3sccc32)CC1.CN1CCN(C(=O)/C=C2/c3ccccc3CSc3sccc32)CC1.O.O=C(O)/C=C/C(=O)O.O=C(O)/C=C/C(=O)O. The van der Waals surface area contributed by atoms with Gasteiger partial charge in [-0.15, -0.1) is 46.2 Å². The summed E-state index contributed by atoms with van der Waals surface area (Å²) in [7, 11) is 4.22. The fourth-order valence-electron chi connectivity index (χ4n) is 6.69. The first-order chi connectivity index (χ1) is 30.7. The number of thioether (sulfide) groups is 2. The third kappa shape index (κ3) is 15.7. The van der Waals surface area contributed by atoms with Crippen molar-refractivity contribution in [3.8, 4) is 0 Å². The van der Waals surface area contributed by atoms with Crippen LogP contribution in [0.5, 0.6) is 0 Å². The van der Waals surface area contributed by atoms with Crippen molar-refractivity contribution < 1.29 is 54.7 Å². The molecule has 2 saturated heterocycles. The number of nitrogens with zero attached hydrogens (tertiary/aromatic N) is 4. The molecule has 6 heterocycles. The van der Waals surface area contributed by atoms with Crippen LogP contribution in [-0.4, -0.2) is 148 Å². The summed E-state index contributed by atoms with van der Waals surface area (Å²) in [4.78, 5) is 72.4. The first-order valence-electron chi connectivity index (χ1n) is 19.9. The minimum absolute atomic E-state index is 0. The molecule has 0 spiro atoms. The molecule has 4 aliphatic heterocycles. The highest BCUT2D eigenvalue weighted by atomic mass is 32.2. The van der Waals surface area contributed by atoms with Crippen molar-refractivity contribution in [2.24, 2.45) is 0 Å². The number of thiophene rings is 2. The molecule has 2 fully saturated rings. The minimum atomic E-state index is -1.26. The van der Waals surface area contributed by atoms with E-state index in [-0.39, 0.29) is 17.3 Å². The molecule has 2 amide bonds. The molecule has 15 nitrogen and oxygen atoms in total. The van der Waals surface area contributed by atoms with E-state index >= 15 is 0 Å². The number of hydrogen-bond donors (Lipinski definition) is 4. The lowest BCUT2D eigenvalue weighted by molar-refractivity contribution is -0.134. The zero-order chi connectivity index (χ0) is 46.2. The third-order valence-corrected chi connectivity index (χ3v) is 14.6. The highest BCUT2D eigenvalue weighted by Gasteiger charge is 2.25. The van der Waals surface area contributed by atoms with Gasteiger partial charge in [0.2, 0.25) is 11.8 Å². The number of likely N-dealkylation sites (N-methyl/N-ethyl adjacent to an activating group) is 2. The molecule has 8 rings (SSSR count). The highest BCUT2D eigenvalue weighted by molar-refractivity contribution is 8.00. The van der Waals surface area contributed by atoms with Crippen LogP contribution in [0.3, 0.4) is 0 Å². The van der Waals surface area contributed by atoms with Crippen molar-refractivity contribution in [1.82, 2.24) is 19.6 Å². The fraction of sp³-hybridized carbons (Fsp3) is 0.261. The van der Waals surface area contributed by atoms with Crippen LogP contribution in [0.4, 0.5) is 0 Å². The van der Waals surface area contributed by atoms with E-state index in [4.69, 9.17) is 20.4 Å². The zero-order valence-corrected chi connectivity index (χ0v) is 38.9. The van der Waals surface area contributed by atoms with Gasteiger partial charge in [0.25, 0.3) is 0 Å². The molecule has 4 aliphatic rings. The molecule has 19 heteroatoms. The Morgan fingerprint density at radius 2 is 0.800 bits per heavy atom. The Morgan fingerprint density at radius 3 is 1.12 bits per heavy atom. The van der Waals surface area contributed by atoms with Gasteiger partial charge in [0.05, 0.1) is 8.42 Å². The molecule has 0 bridgehead atoms. The van der Waals surface area contributed by atoms with E-state index < -0.39 is 23.9 Å². The summed E-state index contributed by atoms with van der Waals surface area (Å²) >= 11 is 7.28. The maximum Gasteiger partial charge on any atom is 0.328 e. The van der Waals surface area contributed by atoms with Crippen molar-refractivity contribution in [2.45, 2.75) is 19.9 Å². The highest BCUT2D eigenvalue weighted by Crippen LogP contribution is 2.44. The number of carboxylic acids is 4. The molecule has 0 radical (unpaired) electrons. The van der Waals surface area contributed by atoms with Crippen LogP contribution in [0.1, 0.15) is 33.4 Å². The average molecular weight is 963 g/mol. The Bertz CT molecular complexity index is 2240. The van der Waals surface area contributed by atoms with Crippen molar-refractivity contribution >= 4 is 93.0 Å². The number of carboxylic acid groups (broad SMARTS) is 4. The number of fused-ring (bicyclic) bond motifs is 4. The number of benzene rings is 2. The van der Waals surface area contributed by atoms with Gasteiger partial charge in [0, 0.05) is 111 Å². The fourth-order valence-corrected chi connectivity index (χ4v) is 10.9. The summed E-state index contributed by atoms with van der Waals surface area (Å²) in [5.41, 5.74) is 9.59. The molecule has 0 aliphatic carbocycles. The Balaban J connectivity index is 0.000000213. The van der Waals surface area contributed by atoms with E-state index in [1.54, 1.807) is 22.7 Å². The number of carbonyl (C=O) groups excluding carboxylic acids is 2. The number of carbonyl (C=O) groups is 6. The standard InChI is InChI=1S/2C19H20N2OS2.2C4H4O4.H2O/c2*1-20-7-9-21(10-8-20)18(22)12-17-15-5-3-2-4-14(15)13-24-19-16(17)6-11-23-19;2*5-3(6)1-2-4(7)8;/h2*2-6,11-12H,7-10,13H2,1H3;2*1-2H,(H,5,6)(H,7,8);1H2/b2*17-12-;2*2-1+;. The number of piperazine rings is 2. The van der Waals surface area contributed by atoms with Crippen LogP contribution in [0.15, 0.2) is 116 Å². The van der Waals surface area contributed by atoms with Crippen molar-refractivity contribution in [3.63, 3.8) is 0 Å². The molecule has 0 atom stereocenters. The normalized spacial score (nSPS) is 16.9. The lowest BCUT2D eigenvalue weighted by Crippen LogP contribution is -2.46. The molecule has 0 unspecified atom stereocenters. The van der Waals surface area contributed by atoms with Gasteiger partial charge < -0.3 is 45.5 Å². The zero-order valence-electron chi connectivity index (χ0n) is 35.6. The summed E-state index contributed by atoms with van der Waals surface area (Å²) in [5.74, 6) is -2.83. The molecular formula is C46H50N4O11S4. The minimum Gasteiger partial charge on any atom is -0.478 e. The van der Waals surface area contributed by atoms with E-state index in [1.165, 1.54) is 41.8 Å². The van der Waals surface area contributed by atoms with Gasteiger partial charge in [0.1, 0.15) is 0 Å². The number of rotatable bonds is 6. The molecular weight excluding hydrogens is 913 g/mol. The summed E-state index contributed by atoms with van der Waals surface area (Å²) < 4.78 is 2.62. The molecule has 2 aromatic heterocycles. The Morgan fingerprint density at radius 1 is 0.477 bits per heavy atom. The van der Waals surface area contributed by atoms with Gasteiger partial charge in [-0.25, -0.2) is 19.2 Å². The second-order valence-corrected chi connectivity index (χ2v) is 18.8. The van der Waals surface area contributed by atoms with Crippen molar-refractivity contribution in [1.29, 1.82) is 0 Å². The number of amides is 2. The predicted octanol–water partition coefficient (Wildman–Crippen LogP) is 5.72. The van der Waals surface area contributed by atoms with E-state index in [1.807, 2.05) is 45.5 Å². The Kier molecular flexibility index (Phi) is 20.4. The van der Waals surface area contributed by atoms with Crippen LogP contribution in [0.2, 0.25) is 0 Å². The molecule has 344 valence electrons. The van der Waals surface area contributed by atoms with Crippen molar-refractivity contribution in [2.75, 3.05) is 66.5 Å². The van der Waals surface area contributed by atoms with Crippen LogP contribution < -0.4 is 0 Å². The molecule has 4 aromatic rings. The lowest BCUT2D eigenvalue weighted by Gasteiger charge is -2.31. The monoisotopic (exact) mass is 962 g/mol. The summed E-state index contributed by atoms with van der Waals surface area (Å²) in [6.07, 6.45) is 5.96. The number of hydrogen-bond acceptors (Lipinski definition) is 12. The van der Waals surface area contributed by atoms with Gasteiger partial charge in [0.15, 0.2) is 0 Å². The van der Waals surface area contributed by atoms with E-state index in [0.717, 1.165) is 75.0 Å². The van der Waals surface area contributed by atoms with Crippen LogP contribution in [0.25, 0.3) is 11.1 Å². The molecule has 65 heavy (non-hydrogen) atoms. The van der Waals surface area contributed by atoms with Gasteiger partial charge in [-0.3, -0.25) is 9.59 Å². The van der Waals surface area contributed by atoms with E-state index in [0.29, 0.717) is 24.3 Å². The third-order valence-electron chi connectivity index (χ3n) is 10.1. The first-order valence-corrected chi connectivity index (χ1v) is 23.7. The Labute approximate surface area is 393 Å². The summed E-state index contributed by atoms with van der Waals surface area (Å²) in [6, 6.07) is 21.2. The van der Waals surface area contributed by atoms with Crippen LogP contribution >= 0.6 is 46.2 Å². The van der Waals surface area contributed by atoms with E-state index in [2.05, 4.69) is 95.3 Å². The van der Waals surface area contributed by atoms with E-state index in [9.17, 15) is 28.8 Å². The molecule has 0 saturated carbocycles. The van der Waals surface area contributed by atoms with Gasteiger partial charge in [-0.2, -0.15) is 0 Å². The lowest BCUT2D eigenvalue weighted by atomic mass is 9.95. The van der Waals surface area contributed by atoms with Crippen LogP contribution in [0, 0.1) is 0 Å². The Hall–Kier alpha value is -5.80. The second-order valence-electron chi connectivity index (χ2n) is 14.5. The van der Waals surface area contributed by atoms with Crippen molar-refractivity contribution in [3.05, 3.63) is 141 Å². The topological polar surface area (TPSA) is 228 Å². The number of aliphatic carboxylic acids is 4. The first kappa shape index (κ1) is 51.8. The largest absolute Gasteiger partial charge is 0.478 e. The van der Waals surface area contributed by atoms with Gasteiger partial charge >= 0.3 is 23.9 Å². The molecule has 6 N–H and O–H groups in total. The van der Waals surface area contributed by atoms with Gasteiger partial charge in [-0.1, -0.05) is 48.5 Å². The smallest absolute Gasteiger partial charge is 0.328 e. The summed E-state index contributed by atoms with van der Waals surface area (Å²) in [5, 5.41) is 35.5. The average Bonchev–Trinajstić information content (AvgIpc) is 3.90. The van der Waals surface area contributed by atoms with Gasteiger partial charge in [-0.05, 0) is 70.4 Å². The maximum absolute atomic E-state index is 12.9. The maximum atomic E-state index is 12.9.